The smallest absolute Gasteiger partial charge is 0.323 e. The summed E-state index contributed by atoms with van der Waals surface area (Å²) in [4.78, 5) is 38.8. The fourth-order valence-corrected chi connectivity index (χ4v) is 3.57. The number of nitrogens with zero attached hydrogens (tertiary/aromatic N) is 2. The van der Waals surface area contributed by atoms with Crippen molar-refractivity contribution >= 4 is 23.5 Å². The highest BCUT2D eigenvalue weighted by Gasteiger charge is 2.40. The minimum absolute atomic E-state index is 0.0699. The van der Waals surface area contributed by atoms with Gasteiger partial charge in [0.2, 0.25) is 11.8 Å². The standard InChI is InChI=1S/C18H20F2N2O5/c19-12-1-2-15(14(20)8-12)22-9-11(7-16(22)23)18(26)21(10-17(24)25)13-3-5-27-6-4-13/h1-2,8,11,13H,3-7,9-10H2,(H,24,25). The highest BCUT2D eigenvalue weighted by atomic mass is 19.1. The zero-order valence-corrected chi connectivity index (χ0v) is 14.6. The third-order valence-corrected chi connectivity index (χ3v) is 4.90. The van der Waals surface area contributed by atoms with Gasteiger partial charge in [-0.05, 0) is 25.0 Å². The molecule has 2 heterocycles. The second-order valence-corrected chi connectivity index (χ2v) is 6.70. The first-order valence-electron chi connectivity index (χ1n) is 8.72. The lowest BCUT2D eigenvalue weighted by Gasteiger charge is -2.34. The molecule has 0 bridgehead atoms. The fraction of sp³-hybridized carbons (Fsp3) is 0.500. The van der Waals surface area contributed by atoms with Crippen molar-refractivity contribution in [1.29, 1.82) is 0 Å². The molecule has 1 aromatic carbocycles. The Hall–Kier alpha value is -2.55. The van der Waals surface area contributed by atoms with E-state index in [2.05, 4.69) is 0 Å². The lowest BCUT2D eigenvalue weighted by Crippen LogP contribution is -2.48. The molecule has 1 unspecified atom stereocenters. The lowest BCUT2D eigenvalue weighted by molar-refractivity contribution is -0.149. The summed E-state index contributed by atoms with van der Waals surface area (Å²) in [5.74, 6) is -4.46. The van der Waals surface area contributed by atoms with Gasteiger partial charge in [0, 0.05) is 38.3 Å². The predicted octanol–water partition coefficient (Wildman–Crippen LogP) is 1.41. The quantitative estimate of drug-likeness (QED) is 0.832. The Balaban J connectivity index is 1.77. The van der Waals surface area contributed by atoms with Crippen molar-refractivity contribution in [2.24, 2.45) is 5.92 Å². The van der Waals surface area contributed by atoms with E-state index in [1.807, 2.05) is 0 Å². The number of carbonyl (C=O) groups excluding carboxylic acids is 2. The topological polar surface area (TPSA) is 87.2 Å². The molecule has 0 saturated carbocycles. The van der Waals surface area contributed by atoms with Crippen LogP contribution in [0.15, 0.2) is 18.2 Å². The number of carboxylic acids is 1. The fourth-order valence-electron chi connectivity index (χ4n) is 3.57. The summed E-state index contributed by atoms with van der Waals surface area (Å²) in [6.07, 6.45) is 0.904. The van der Waals surface area contributed by atoms with Crippen molar-refractivity contribution in [1.82, 2.24) is 4.90 Å². The molecule has 9 heteroatoms. The molecule has 146 valence electrons. The van der Waals surface area contributed by atoms with Gasteiger partial charge >= 0.3 is 5.97 Å². The van der Waals surface area contributed by atoms with Crippen molar-refractivity contribution < 1.29 is 33.0 Å². The van der Waals surface area contributed by atoms with Gasteiger partial charge in [-0.3, -0.25) is 14.4 Å². The molecule has 0 aromatic heterocycles. The van der Waals surface area contributed by atoms with E-state index in [-0.39, 0.29) is 24.7 Å². The Labute approximate surface area is 154 Å². The average molecular weight is 382 g/mol. The van der Waals surface area contributed by atoms with Crippen molar-refractivity contribution in [3.8, 4) is 0 Å². The summed E-state index contributed by atoms with van der Waals surface area (Å²) in [5.41, 5.74) is -0.0902. The number of aliphatic carboxylic acids is 1. The molecule has 2 saturated heterocycles. The van der Waals surface area contributed by atoms with Gasteiger partial charge in [0.1, 0.15) is 18.2 Å². The molecule has 2 amide bonds. The van der Waals surface area contributed by atoms with Crippen LogP contribution in [0, 0.1) is 17.6 Å². The van der Waals surface area contributed by atoms with Gasteiger partial charge in [-0.1, -0.05) is 0 Å². The predicted molar refractivity (Wildman–Crippen MR) is 90.0 cm³/mol. The first-order chi connectivity index (χ1) is 12.9. The Morgan fingerprint density at radius 2 is 1.96 bits per heavy atom. The molecule has 0 aliphatic carbocycles. The van der Waals surface area contributed by atoms with Gasteiger partial charge in [0.15, 0.2) is 0 Å². The number of hydrogen-bond acceptors (Lipinski definition) is 4. The Kier molecular flexibility index (Phi) is 5.69. The molecule has 1 N–H and O–H groups in total. The molecule has 3 rings (SSSR count). The third-order valence-electron chi connectivity index (χ3n) is 4.90. The monoisotopic (exact) mass is 382 g/mol. The molecule has 27 heavy (non-hydrogen) atoms. The lowest BCUT2D eigenvalue weighted by atomic mass is 10.0. The van der Waals surface area contributed by atoms with Gasteiger partial charge in [-0.2, -0.15) is 0 Å². The largest absolute Gasteiger partial charge is 0.480 e. The minimum Gasteiger partial charge on any atom is -0.480 e. The van der Waals surface area contributed by atoms with Gasteiger partial charge < -0.3 is 19.6 Å². The maximum Gasteiger partial charge on any atom is 0.323 e. The van der Waals surface area contributed by atoms with Gasteiger partial charge in [-0.15, -0.1) is 0 Å². The zero-order chi connectivity index (χ0) is 19.6. The van der Waals surface area contributed by atoms with Gasteiger partial charge in [0.05, 0.1) is 11.6 Å². The second-order valence-electron chi connectivity index (χ2n) is 6.70. The van der Waals surface area contributed by atoms with Crippen molar-refractivity contribution in [2.45, 2.75) is 25.3 Å². The van der Waals surface area contributed by atoms with Crippen LogP contribution in [0.25, 0.3) is 0 Å². The van der Waals surface area contributed by atoms with Crippen LogP contribution < -0.4 is 4.90 Å². The molecule has 1 aromatic rings. The van der Waals surface area contributed by atoms with Crippen LogP contribution in [-0.4, -0.2) is 60.1 Å². The zero-order valence-electron chi connectivity index (χ0n) is 14.6. The number of rotatable bonds is 5. The number of anilines is 1. The highest BCUT2D eigenvalue weighted by Crippen LogP contribution is 2.30. The van der Waals surface area contributed by atoms with Crippen LogP contribution in [0.3, 0.4) is 0 Å². The van der Waals surface area contributed by atoms with Crippen LogP contribution in [0.1, 0.15) is 19.3 Å². The molecule has 2 fully saturated rings. The van der Waals surface area contributed by atoms with E-state index < -0.39 is 41.9 Å². The first-order valence-corrected chi connectivity index (χ1v) is 8.72. The number of benzene rings is 1. The number of carboxylic acid groups (broad SMARTS) is 1. The van der Waals surface area contributed by atoms with E-state index in [0.29, 0.717) is 32.1 Å². The molecule has 1 atom stereocenters. The Bertz CT molecular complexity index is 751. The summed E-state index contributed by atoms with van der Waals surface area (Å²) in [5, 5.41) is 9.16. The Morgan fingerprint density at radius 1 is 1.26 bits per heavy atom. The van der Waals surface area contributed by atoms with E-state index in [1.54, 1.807) is 0 Å². The second kappa shape index (κ2) is 7.99. The number of amides is 2. The van der Waals surface area contributed by atoms with E-state index in [0.717, 1.165) is 17.0 Å². The van der Waals surface area contributed by atoms with Crippen molar-refractivity contribution in [3.63, 3.8) is 0 Å². The molecular formula is C18H20F2N2O5. The number of carbonyl (C=O) groups is 3. The highest BCUT2D eigenvalue weighted by molar-refractivity contribution is 6.00. The van der Waals surface area contributed by atoms with E-state index >= 15 is 0 Å². The summed E-state index contributed by atoms with van der Waals surface area (Å²) in [6, 6.07) is 2.60. The van der Waals surface area contributed by atoms with Crippen molar-refractivity contribution in [3.05, 3.63) is 29.8 Å². The van der Waals surface area contributed by atoms with Crippen LogP contribution in [0.4, 0.5) is 14.5 Å². The summed E-state index contributed by atoms with van der Waals surface area (Å²) in [7, 11) is 0. The van der Waals surface area contributed by atoms with Gasteiger partial charge in [-0.25, -0.2) is 8.78 Å². The molecule has 7 nitrogen and oxygen atoms in total. The normalized spacial score (nSPS) is 20.7. The Morgan fingerprint density at radius 3 is 2.59 bits per heavy atom. The van der Waals surface area contributed by atoms with E-state index in [4.69, 9.17) is 9.84 Å². The molecule has 2 aliphatic heterocycles. The molecular weight excluding hydrogens is 362 g/mol. The van der Waals surface area contributed by atoms with Crippen LogP contribution in [0.5, 0.6) is 0 Å². The molecule has 0 radical (unpaired) electrons. The van der Waals surface area contributed by atoms with Crippen LogP contribution >= 0.6 is 0 Å². The van der Waals surface area contributed by atoms with Gasteiger partial charge in [0.25, 0.3) is 0 Å². The third kappa shape index (κ3) is 4.24. The average Bonchev–Trinajstić information content (AvgIpc) is 3.01. The molecule has 0 spiro atoms. The summed E-state index contributed by atoms with van der Waals surface area (Å²) in [6.45, 7) is 0.341. The number of ether oxygens (including phenoxy) is 1. The maximum absolute atomic E-state index is 14.0. The van der Waals surface area contributed by atoms with E-state index in [9.17, 15) is 23.2 Å². The maximum atomic E-state index is 14.0. The van der Waals surface area contributed by atoms with Crippen LogP contribution in [0.2, 0.25) is 0 Å². The van der Waals surface area contributed by atoms with E-state index in [1.165, 1.54) is 4.90 Å². The first kappa shape index (κ1) is 19.2. The number of hydrogen-bond donors (Lipinski definition) is 1. The molecule has 2 aliphatic rings. The van der Waals surface area contributed by atoms with Crippen molar-refractivity contribution in [2.75, 3.05) is 31.2 Å². The SMILES string of the molecule is O=C(O)CN(C(=O)C1CC(=O)N(c2ccc(F)cc2F)C1)C1CCOCC1. The number of halogens is 2. The van der Waals surface area contributed by atoms with Crippen LogP contribution in [-0.2, 0) is 19.1 Å². The summed E-state index contributed by atoms with van der Waals surface area (Å²) >= 11 is 0. The summed E-state index contributed by atoms with van der Waals surface area (Å²) < 4.78 is 32.4. The minimum atomic E-state index is -1.14.